The van der Waals surface area contributed by atoms with Crippen molar-refractivity contribution in [3.63, 3.8) is 0 Å². The SMILES string of the molecule is CC1CC[CH2][Al]([C](=O)O)[O]1. The summed E-state index contributed by atoms with van der Waals surface area (Å²) in [6, 6.07) is 0. The lowest BCUT2D eigenvalue weighted by Gasteiger charge is -2.21. The summed E-state index contributed by atoms with van der Waals surface area (Å²) in [5.74, 6) is 0. The number of carbonyl (C=O) groups is 1. The van der Waals surface area contributed by atoms with Crippen LogP contribution in [0, 0.1) is 0 Å². The van der Waals surface area contributed by atoms with Crippen molar-refractivity contribution < 1.29 is 13.7 Å². The van der Waals surface area contributed by atoms with Crippen LogP contribution in [0.15, 0.2) is 0 Å². The van der Waals surface area contributed by atoms with Gasteiger partial charge in [-0.25, -0.2) is 0 Å². The van der Waals surface area contributed by atoms with E-state index in [0.717, 1.165) is 18.1 Å². The standard InChI is InChI=1S/C5H10O.CHO2.Al/c1-3-4-5(2)6;2-1-3;/h5H,1,3-4H2,2H3;(H,2,3);/q-1;;+1. The minimum atomic E-state index is -1.84. The summed E-state index contributed by atoms with van der Waals surface area (Å²) in [7, 11) is 0. The molecule has 0 aliphatic carbocycles. The third kappa shape index (κ3) is 1.98. The lowest BCUT2D eigenvalue weighted by molar-refractivity contribution is 0.171. The fourth-order valence-corrected chi connectivity index (χ4v) is 2.99. The van der Waals surface area contributed by atoms with Gasteiger partial charge in [-0.2, -0.15) is 0 Å². The van der Waals surface area contributed by atoms with Gasteiger partial charge in [-0.3, -0.25) is 4.79 Å². The van der Waals surface area contributed by atoms with E-state index in [1.807, 2.05) is 6.92 Å². The van der Waals surface area contributed by atoms with Crippen LogP contribution < -0.4 is 0 Å². The first-order valence-electron chi connectivity index (χ1n) is 3.58. The Morgan fingerprint density at radius 2 is 2.50 bits per heavy atom. The van der Waals surface area contributed by atoms with Gasteiger partial charge in [0, 0.05) is 6.10 Å². The Labute approximate surface area is 64.7 Å². The summed E-state index contributed by atoms with van der Waals surface area (Å²) >= 11 is -1.84. The normalized spacial score (nSPS) is 26.5. The van der Waals surface area contributed by atoms with E-state index in [-0.39, 0.29) is 6.10 Å². The third-order valence-electron chi connectivity index (χ3n) is 1.75. The molecule has 4 heteroatoms. The first kappa shape index (κ1) is 8.06. The molecule has 0 radical (unpaired) electrons. The molecule has 1 fully saturated rings. The fourth-order valence-electron chi connectivity index (χ4n) is 1.19. The van der Waals surface area contributed by atoms with Crippen molar-refractivity contribution in [2.75, 3.05) is 0 Å². The van der Waals surface area contributed by atoms with Gasteiger partial charge in [0.25, 0.3) is 0 Å². The number of hydrogen-bond acceptors (Lipinski definition) is 2. The molecular formula is C6H11AlO3. The second-order valence-corrected chi connectivity index (χ2v) is 5.03. The maximum Gasteiger partial charge on any atom is 0.620 e. The average molecular weight is 158 g/mol. The number of hydrogen-bond donors (Lipinski definition) is 1. The first-order chi connectivity index (χ1) is 4.70. The van der Waals surface area contributed by atoms with Crippen molar-refractivity contribution in [1.82, 2.24) is 0 Å². The zero-order valence-corrected chi connectivity index (χ0v) is 7.19. The molecule has 0 bridgehead atoms. The van der Waals surface area contributed by atoms with Crippen LogP contribution in [0.25, 0.3) is 0 Å². The van der Waals surface area contributed by atoms with E-state index < -0.39 is 19.3 Å². The summed E-state index contributed by atoms with van der Waals surface area (Å²) in [4.78, 5) is 9.75. The van der Waals surface area contributed by atoms with Gasteiger partial charge in [0.2, 0.25) is 4.83 Å². The average Bonchev–Trinajstić information content (AvgIpc) is 1.88. The summed E-state index contributed by atoms with van der Waals surface area (Å²) in [6.45, 7) is 1.95. The van der Waals surface area contributed by atoms with Crippen molar-refractivity contribution in [3.8, 4) is 0 Å². The van der Waals surface area contributed by atoms with E-state index >= 15 is 0 Å². The van der Waals surface area contributed by atoms with Crippen LogP contribution >= 0.6 is 0 Å². The minimum Gasteiger partial charge on any atom is -0.493 e. The molecule has 0 aromatic heterocycles. The predicted octanol–water partition coefficient (Wildman–Crippen LogP) is 1.44. The van der Waals surface area contributed by atoms with E-state index in [4.69, 9.17) is 8.90 Å². The summed E-state index contributed by atoms with van der Waals surface area (Å²) in [5, 5.41) is 9.40. The fraction of sp³-hybridized carbons (Fsp3) is 0.833. The molecule has 1 unspecified atom stereocenters. The highest BCUT2D eigenvalue weighted by atomic mass is 27.2. The van der Waals surface area contributed by atoms with Crippen LogP contribution in [0.1, 0.15) is 19.8 Å². The first-order valence-corrected chi connectivity index (χ1v) is 5.45. The minimum absolute atomic E-state index is 0.182. The molecule has 0 aromatic rings. The molecule has 1 rings (SSSR count). The predicted molar refractivity (Wildman–Crippen MR) is 38.4 cm³/mol. The quantitative estimate of drug-likeness (QED) is 0.587. The second-order valence-electron chi connectivity index (χ2n) is 2.70. The molecule has 0 saturated carbocycles. The maximum atomic E-state index is 10.4. The smallest absolute Gasteiger partial charge is 0.493 e. The third-order valence-corrected chi connectivity index (χ3v) is 4.03. The summed E-state index contributed by atoms with van der Waals surface area (Å²) in [5.41, 5.74) is 0. The van der Waals surface area contributed by atoms with E-state index in [1.165, 1.54) is 0 Å². The van der Waals surface area contributed by atoms with Crippen molar-refractivity contribution in [2.45, 2.75) is 31.2 Å². The van der Waals surface area contributed by atoms with Gasteiger partial charge in [-0.15, -0.1) is 0 Å². The van der Waals surface area contributed by atoms with Crippen molar-refractivity contribution in [2.24, 2.45) is 0 Å². The number of carboxylic acid groups (broad SMARTS) is 1. The van der Waals surface area contributed by atoms with Crippen LogP contribution in [0.3, 0.4) is 0 Å². The zero-order chi connectivity index (χ0) is 7.56. The monoisotopic (exact) mass is 158 g/mol. The molecule has 1 aliphatic heterocycles. The Kier molecular flexibility index (Phi) is 2.73. The zero-order valence-electron chi connectivity index (χ0n) is 6.04. The molecular weight excluding hydrogens is 147 g/mol. The lowest BCUT2D eigenvalue weighted by atomic mass is 10.2. The molecule has 0 aromatic carbocycles. The van der Waals surface area contributed by atoms with Gasteiger partial charge in [0.15, 0.2) is 0 Å². The molecule has 1 aliphatic rings. The van der Waals surface area contributed by atoms with Crippen molar-refractivity contribution in [1.29, 1.82) is 0 Å². The molecule has 3 nitrogen and oxygen atoms in total. The largest absolute Gasteiger partial charge is 0.620 e. The van der Waals surface area contributed by atoms with Crippen LogP contribution in [0.2, 0.25) is 5.28 Å². The molecule has 10 heavy (non-hydrogen) atoms. The highest BCUT2D eigenvalue weighted by molar-refractivity contribution is 6.83. The molecule has 1 N–H and O–H groups in total. The topological polar surface area (TPSA) is 46.5 Å². The second kappa shape index (κ2) is 3.38. The molecule has 1 saturated heterocycles. The Bertz CT molecular complexity index is 137. The Morgan fingerprint density at radius 1 is 1.80 bits per heavy atom. The summed E-state index contributed by atoms with van der Waals surface area (Å²) < 4.78 is 5.29. The van der Waals surface area contributed by atoms with Crippen molar-refractivity contribution in [3.05, 3.63) is 0 Å². The van der Waals surface area contributed by atoms with E-state index in [0.29, 0.717) is 0 Å². The molecule has 0 spiro atoms. The van der Waals surface area contributed by atoms with Crippen LogP contribution in [-0.2, 0) is 3.79 Å². The van der Waals surface area contributed by atoms with Gasteiger partial charge >= 0.3 is 14.5 Å². The van der Waals surface area contributed by atoms with Gasteiger partial charge < -0.3 is 8.90 Å². The highest BCUT2D eigenvalue weighted by Crippen LogP contribution is 2.16. The Hall–Kier alpha value is -0.0375. The van der Waals surface area contributed by atoms with Gasteiger partial charge in [0.1, 0.15) is 0 Å². The van der Waals surface area contributed by atoms with Crippen LogP contribution in [0.4, 0.5) is 4.79 Å². The Balaban J connectivity index is 2.39. The molecule has 56 valence electrons. The Morgan fingerprint density at radius 3 is 2.90 bits per heavy atom. The molecule has 0 amide bonds. The van der Waals surface area contributed by atoms with Crippen LogP contribution in [0.5, 0.6) is 0 Å². The van der Waals surface area contributed by atoms with E-state index in [2.05, 4.69) is 0 Å². The van der Waals surface area contributed by atoms with Gasteiger partial charge in [-0.05, 0) is 13.3 Å². The van der Waals surface area contributed by atoms with Gasteiger partial charge in [0.05, 0.1) is 0 Å². The van der Waals surface area contributed by atoms with E-state index in [1.54, 1.807) is 0 Å². The maximum absolute atomic E-state index is 10.4. The highest BCUT2D eigenvalue weighted by Gasteiger charge is 2.35. The van der Waals surface area contributed by atoms with Crippen molar-refractivity contribution >= 4 is 19.3 Å². The molecule has 1 heterocycles. The van der Waals surface area contributed by atoms with E-state index in [9.17, 15) is 4.79 Å². The van der Waals surface area contributed by atoms with Crippen LogP contribution in [-0.4, -0.2) is 30.5 Å². The number of rotatable bonds is 1. The summed E-state index contributed by atoms with van der Waals surface area (Å²) in [6.07, 6.45) is 2.24. The van der Waals surface area contributed by atoms with Gasteiger partial charge in [-0.1, -0.05) is 11.7 Å². The molecule has 1 atom stereocenters. The lowest BCUT2D eigenvalue weighted by Crippen LogP contribution is -2.35.